The summed E-state index contributed by atoms with van der Waals surface area (Å²) >= 11 is 0. The number of benzene rings is 1. The lowest BCUT2D eigenvalue weighted by Gasteiger charge is -2.37. The van der Waals surface area contributed by atoms with Crippen LogP contribution in [-0.2, 0) is 14.3 Å². The highest BCUT2D eigenvalue weighted by molar-refractivity contribution is 5.83. The monoisotopic (exact) mass is 360 g/mol. The van der Waals surface area contributed by atoms with Crippen LogP contribution in [0.1, 0.15) is 25.3 Å². The molecule has 2 unspecified atom stereocenters. The van der Waals surface area contributed by atoms with Gasteiger partial charge in [0.25, 0.3) is 5.91 Å². The Balaban J connectivity index is 1.56. The Kier molecular flexibility index (Phi) is 6.14. The molecule has 0 radical (unpaired) electrons. The van der Waals surface area contributed by atoms with E-state index in [4.69, 9.17) is 9.47 Å². The molecule has 6 heteroatoms. The van der Waals surface area contributed by atoms with E-state index in [1.165, 1.54) is 0 Å². The third-order valence-electron chi connectivity index (χ3n) is 5.09. The Bertz CT molecular complexity index is 625. The Labute approximate surface area is 155 Å². The van der Waals surface area contributed by atoms with Crippen LogP contribution >= 0.6 is 0 Å². The molecule has 2 fully saturated rings. The molecule has 26 heavy (non-hydrogen) atoms. The van der Waals surface area contributed by atoms with Gasteiger partial charge in [0.2, 0.25) is 5.91 Å². The molecule has 0 saturated carbocycles. The number of carbonyl (C=O) groups is 2. The number of aryl methyl sites for hydroxylation is 1. The van der Waals surface area contributed by atoms with Gasteiger partial charge in [-0.1, -0.05) is 17.7 Å². The summed E-state index contributed by atoms with van der Waals surface area (Å²) in [4.78, 5) is 29.1. The second-order valence-corrected chi connectivity index (χ2v) is 7.13. The topological polar surface area (TPSA) is 59.1 Å². The molecule has 2 heterocycles. The van der Waals surface area contributed by atoms with Crippen LogP contribution in [0.2, 0.25) is 0 Å². The minimum absolute atomic E-state index is 0.0509. The van der Waals surface area contributed by atoms with E-state index in [1.807, 2.05) is 36.1 Å². The van der Waals surface area contributed by atoms with Gasteiger partial charge in [0.15, 0.2) is 6.10 Å². The van der Waals surface area contributed by atoms with Gasteiger partial charge < -0.3 is 19.3 Å². The number of rotatable bonds is 4. The highest BCUT2D eigenvalue weighted by Crippen LogP contribution is 2.21. The zero-order chi connectivity index (χ0) is 18.5. The number of nitrogens with zero attached hydrogens (tertiary/aromatic N) is 2. The molecule has 2 aliphatic heterocycles. The molecule has 2 saturated heterocycles. The smallest absolute Gasteiger partial charge is 0.263 e. The lowest BCUT2D eigenvalue weighted by molar-refractivity contribution is -0.146. The van der Waals surface area contributed by atoms with Crippen LogP contribution in [0.5, 0.6) is 5.75 Å². The third-order valence-corrected chi connectivity index (χ3v) is 5.09. The fourth-order valence-corrected chi connectivity index (χ4v) is 3.55. The molecule has 0 aromatic heterocycles. The molecule has 0 aliphatic carbocycles. The Morgan fingerprint density at radius 1 is 1.12 bits per heavy atom. The number of carbonyl (C=O) groups excluding carboxylic acids is 2. The molecule has 1 aromatic rings. The van der Waals surface area contributed by atoms with Gasteiger partial charge in [-0.3, -0.25) is 9.59 Å². The van der Waals surface area contributed by atoms with E-state index in [0.717, 1.165) is 18.4 Å². The molecule has 1 aromatic carbocycles. The van der Waals surface area contributed by atoms with Gasteiger partial charge in [-0.15, -0.1) is 0 Å². The van der Waals surface area contributed by atoms with Crippen LogP contribution in [0.15, 0.2) is 24.3 Å². The molecule has 3 rings (SSSR count). The molecular formula is C20H28N2O4. The maximum absolute atomic E-state index is 12.8. The van der Waals surface area contributed by atoms with Gasteiger partial charge in [0.05, 0.1) is 19.1 Å². The average Bonchev–Trinajstić information content (AvgIpc) is 2.69. The summed E-state index contributed by atoms with van der Waals surface area (Å²) in [6.45, 7) is 7.45. The van der Waals surface area contributed by atoms with E-state index < -0.39 is 6.10 Å². The molecule has 0 N–H and O–H groups in total. The summed E-state index contributed by atoms with van der Waals surface area (Å²) in [5.74, 6) is 0.676. The van der Waals surface area contributed by atoms with E-state index in [9.17, 15) is 9.59 Å². The van der Waals surface area contributed by atoms with Crippen molar-refractivity contribution in [3.05, 3.63) is 29.8 Å². The molecule has 142 valence electrons. The predicted molar refractivity (Wildman–Crippen MR) is 98.0 cm³/mol. The number of hydrogen-bond acceptors (Lipinski definition) is 4. The number of morpholine rings is 1. The van der Waals surface area contributed by atoms with Crippen molar-refractivity contribution < 1.29 is 19.1 Å². The maximum Gasteiger partial charge on any atom is 0.263 e. The molecule has 2 aliphatic rings. The minimum Gasteiger partial charge on any atom is -0.481 e. The van der Waals surface area contributed by atoms with Crippen molar-refractivity contribution in [2.75, 3.05) is 39.4 Å². The lowest BCUT2D eigenvalue weighted by Crippen LogP contribution is -2.51. The van der Waals surface area contributed by atoms with E-state index in [2.05, 4.69) is 0 Å². The van der Waals surface area contributed by atoms with Crippen molar-refractivity contribution in [3.63, 3.8) is 0 Å². The Morgan fingerprint density at radius 3 is 2.50 bits per heavy atom. The first kappa shape index (κ1) is 18.7. The zero-order valence-corrected chi connectivity index (χ0v) is 15.6. The van der Waals surface area contributed by atoms with Gasteiger partial charge in [-0.05, 0) is 38.8 Å². The van der Waals surface area contributed by atoms with Crippen molar-refractivity contribution in [2.24, 2.45) is 5.92 Å². The van der Waals surface area contributed by atoms with E-state index >= 15 is 0 Å². The van der Waals surface area contributed by atoms with Gasteiger partial charge in [0, 0.05) is 26.2 Å². The van der Waals surface area contributed by atoms with Crippen LogP contribution in [0, 0.1) is 12.8 Å². The van der Waals surface area contributed by atoms with Crippen molar-refractivity contribution in [1.82, 2.24) is 9.80 Å². The second-order valence-electron chi connectivity index (χ2n) is 7.13. The summed E-state index contributed by atoms with van der Waals surface area (Å²) < 4.78 is 11.1. The summed E-state index contributed by atoms with van der Waals surface area (Å²) in [7, 11) is 0. The van der Waals surface area contributed by atoms with E-state index in [0.29, 0.717) is 45.1 Å². The molecule has 2 atom stereocenters. The molecular weight excluding hydrogens is 332 g/mol. The number of ether oxygens (including phenoxy) is 2. The number of piperidine rings is 1. The second kappa shape index (κ2) is 8.54. The largest absolute Gasteiger partial charge is 0.481 e. The first-order valence-electron chi connectivity index (χ1n) is 9.43. The van der Waals surface area contributed by atoms with Crippen molar-refractivity contribution >= 4 is 11.8 Å². The third kappa shape index (κ3) is 4.55. The van der Waals surface area contributed by atoms with Crippen molar-refractivity contribution in [3.8, 4) is 5.75 Å². The van der Waals surface area contributed by atoms with Crippen molar-refractivity contribution in [2.45, 2.75) is 32.8 Å². The van der Waals surface area contributed by atoms with Crippen LogP contribution < -0.4 is 4.74 Å². The van der Waals surface area contributed by atoms with Gasteiger partial charge in [-0.2, -0.15) is 0 Å². The Hall–Kier alpha value is -2.08. The molecule has 0 bridgehead atoms. The van der Waals surface area contributed by atoms with Gasteiger partial charge in [0.1, 0.15) is 5.75 Å². The SMILES string of the molecule is Cc1ccc(OC(C)C(=O)N2CCCC(C(=O)N3CCOCC3)C2)cc1. The number of amides is 2. The first-order chi connectivity index (χ1) is 12.5. The average molecular weight is 360 g/mol. The van der Waals surface area contributed by atoms with Crippen LogP contribution in [0.25, 0.3) is 0 Å². The number of hydrogen-bond donors (Lipinski definition) is 0. The summed E-state index contributed by atoms with van der Waals surface area (Å²) in [6.07, 6.45) is 1.13. The highest BCUT2D eigenvalue weighted by atomic mass is 16.5. The minimum atomic E-state index is -0.560. The van der Waals surface area contributed by atoms with Crippen molar-refractivity contribution in [1.29, 1.82) is 0 Å². The lowest BCUT2D eigenvalue weighted by atomic mass is 9.96. The maximum atomic E-state index is 12.8. The standard InChI is InChI=1S/C20H28N2O4/c1-15-5-7-18(8-6-15)26-16(2)19(23)22-9-3-4-17(14-22)20(24)21-10-12-25-13-11-21/h5-8,16-17H,3-4,9-14H2,1-2H3. The van der Waals surface area contributed by atoms with E-state index in [1.54, 1.807) is 11.8 Å². The first-order valence-corrected chi connectivity index (χ1v) is 9.43. The van der Waals surface area contributed by atoms with Gasteiger partial charge in [-0.25, -0.2) is 0 Å². The fourth-order valence-electron chi connectivity index (χ4n) is 3.55. The quantitative estimate of drug-likeness (QED) is 0.822. The molecule has 6 nitrogen and oxygen atoms in total. The zero-order valence-electron chi connectivity index (χ0n) is 15.6. The Morgan fingerprint density at radius 2 is 1.81 bits per heavy atom. The molecule has 0 spiro atoms. The predicted octanol–water partition coefficient (Wildman–Crippen LogP) is 1.86. The summed E-state index contributed by atoms with van der Waals surface area (Å²) in [5.41, 5.74) is 1.15. The van der Waals surface area contributed by atoms with Crippen LogP contribution in [0.4, 0.5) is 0 Å². The fraction of sp³-hybridized carbons (Fsp3) is 0.600. The summed E-state index contributed by atoms with van der Waals surface area (Å²) in [6, 6.07) is 7.68. The van der Waals surface area contributed by atoms with Crippen LogP contribution in [-0.4, -0.2) is 67.1 Å². The number of likely N-dealkylation sites (tertiary alicyclic amines) is 1. The van der Waals surface area contributed by atoms with Gasteiger partial charge >= 0.3 is 0 Å². The highest BCUT2D eigenvalue weighted by Gasteiger charge is 2.33. The summed E-state index contributed by atoms with van der Waals surface area (Å²) in [5, 5.41) is 0. The van der Waals surface area contributed by atoms with E-state index in [-0.39, 0.29) is 17.7 Å². The molecule has 2 amide bonds. The normalized spacial score (nSPS) is 22.0. The van der Waals surface area contributed by atoms with Crippen LogP contribution in [0.3, 0.4) is 0 Å².